The first-order chi connectivity index (χ1) is 17.7. The molecule has 2 atom stereocenters. The number of carbonyl (C=O) groups excluding carboxylic acids is 1. The third kappa shape index (κ3) is 5.84. The Kier molecular flexibility index (Phi) is 8.39. The van der Waals surface area contributed by atoms with Crippen molar-refractivity contribution in [2.45, 2.75) is 36.5 Å². The van der Waals surface area contributed by atoms with E-state index < -0.39 is 11.7 Å². The fourth-order valence-corrected chi connectivity index (χ4v) is 6.11. The van der Waals surface area contributed by atoms with Gasteiger partial charge in [0, 0.05) is 26.4 Å². The predicted octanol–water partition coefficient (Wildman–Crippen LogP) is 5.04. The van der Waals surface area contributed by atoms with Crippen LogP contribution in [0.4, 0.5) is 13.2 Å². The van der Waals surface area contributed by atoms with E-state index in [-0.39, 0.29) is 23.7 Å². The van der Waals surface area contributed by atoms with Crippen LogP contribution in [0.3, 0.4) is 0 Å². The van der Waals surface area contributed by atoms with Crippen LogP contribution in [0.25, 0.3) is 11.5 Å². The highest BCUT2D eigenvalue weighted by Crippen LogP contribution is 2.64. The summed E-state index contributed by atoms with van der Waals surface area (Å²) in [6.07, 6.45) is -1.14. The number of benzene rings is 1. The second kappa shape index (κ2) is 11.2. The number of hydrogen-bond acceptors (Lipinski definition) is 6. The molecule has 1 N–H and O–H groups in total. The molecule has 5 rings (SSSR count). The molecule has 12 heteroatoms. The molecule has 3 aromatic rings. The Morgan fingerprint density at radius 2 is 1.95 bits per heavy atom. The normalized spacial score (nSPS) is 20.9. The summed E-state index contributed by atoms with van der Waals surface area (Å²) in [5, 5.41) is 12.0. The highest BCUT2D eigenvalue weighted by atomic mass is 35.5. The molecule has 0 radical (unpaired) electrons. The van der Waals surface area contributed by atoms with Crippen molar-refractivity contribution in [1.29, 1.82) is 0 Å². The number of alkyl halides is 3. The summed E-state index contributed by atoms with van der Waals surface area (Å²) in [6, 6.07) is 11.0. The maximum Gasteiger partial charge on any atom is 0.416 e. The van der Waals surface area contributed by atoms with Crippen LogP contribution in [0, 0.1) is 5.41 Å². The van der Waals surface area contributed by atoms with Crippen LogP contribution in [0.2, 0.25) is 0 Å². The van der Waals surface area contributed by atoms with Gasteiger partial charge in [0.1, 0.15) is 11.4 Å². The largest absolute Gasteiger partial charge is 0.416 e. The molecule has 0 unspecified atom stereocenters. The number of aromatic nitrogens is 4. The third-order valence-electron chi connectivity index (χ3n) is 7.42. The summed E-state index contributed by atoms with van der Waals surface area (Å²) >= 11 is 1.64. The van der Waals surface area contributed by atoms with E-state index in [4.69, 9.17) is 0 Å². The SMILES string of the molecule is CNC(=O)c1cccc(-c2nnc(SCCCN3CC[C@]4(C[C@@H]4c4ccc(C(F)(F)F)cc4)C3)n2C)n1.Cl. The molecule has 3 heterocycles. The van der Waals surface area contributed by atoms with Crippen LogP contribution in [0.5, 0.6) is 0 Å². The molecule has 0 bridgehead atoms. The molecule has 204 valence electrons. The van der Waals surface area contributed by atoms with E-state index in [2.05, 4.69) is 25.4 Å². The van der Waals surface area contributed by atoms with E-state index in [1.54, 1.807) is 43.1 Å². The Balaban J connectivity index is 0.00000336. The molecule has 1 amide bonds. The van der Waals surface area contributed by atoms with E-state index in [1.165, 1.54) is 12.1 Å². The van der Waals surface area contributed by atoms with Gasteiger partial charge in [0.05, 0.1) is 5.56 Å². The minimum absolute atomic E-state index is 0. The number of likely N-dealkylation sites (tertiary alicyclic amines) is 1. The van der Waals surface area contributed by atoms with Crippen molar-refractivity contribution >= 4 is 30.1 Å². The number of halogens is 4. The van der Waals surface area contributed by atoms with Crippen LogP contribution in [0.15, 0.2) is 47.6 Å². The molecule has 1 saturated carbocycles. The van der Waals surface area contributed by atoms with E-state index >= 15 is 0 Å². The first-order valence-corrected chi connectivity index (χ1v) is 13.3. The fourth-order valence-electron chi connectivity index (χ4n) is 5.28. The number of amides is 1. The Bertz CT molecular complexity index is 1280. The zero-order valence-electron chi connectivity index (χ0n) is 21.2. The zero-order chi connectivity index (χ0) is 26.2. The Morgan fingerprint density at radius 3 is 2.66 bits per heavy atom. The lowest BCUT2D eigenvalue weighted by molar-refractivity contribution is -0.137. The Hall–Kier alpha value is -2.63. The predicted molar refractivity (Wildman–Crippen MR) is 143 cm³/mol. The molecule has 38 heavy (non-hydrogen) atoms. The van der Waals surface area contributed by atoms with Crippen LogP contribution < -0.4 is 5.32 Å². The van der Waals surface area contributed by atoms with Crippen LogP contribution in [-0.4, -0.2) is 63.0 Å². The lowest BCUT2D eigenvalue weighted by atomic mass is 9.97. The summed E-state index contributed by atoms with van der Waals surface area (Å²) in [4.78, 5) is 18.8. The van der Waals surface area contributed by atoms with Crippen molar-refractivity contribution in [2.24, 2.45) is 12.5 Å². The molecule has 2 aliphatic rings. The molecule has 1 aromatic carbocycles. The van der Waals surface area contributed by atoms with Gasteiger partial charge >= 0.3 is 6.18 Å². The summed E-state index contributed by atoms with van der Waals surface area (Å²) in [5.41, 5.74) is 1.59. The van der Waals surface area contributed by atoms with Gasteiger partial charge in [-0.3, -0.25) is 4.79 Å². The highest BCUT2D eigenvalue weighted by molar-refractivity contribution is 7.99. The number of nitrogens with zero attached hydrogens (tertiary/aromatic N) is 5. The highest BCUT2D eigenvalue weighted by Gasteiger charge is 2.57. The smallest absolute Gasteiger partial charge is 0.354 e. The van der Waals surface area contributed by atoms with Gasteiger partial charge in [0.25, 0.3) is 5.91 Å². The zero-order valence-corrected chi connectivity index (χ0v) is 22.8. The number of carbonyl (C=O) groups is 1. The van der Waals surface area contributed by atoms with Crippen molar-refractivity contribution in [3.05, 3.63) is 59.3 Å². The first kappa shape index (κ1) is 28.4. The quantitative estimate of drug-likeness (QED) is 0.304. The fraction of sp³-hybridized carbons (Fsp3) is 0.462. The molecule has 1 aliphatic heterocycles. The maximum absolute atomic E-state index is 12.9. The standard InChI is InChI=1S/C26H29F3N6OS.ClH/c1-30-23(36)21-6-3-5-20(31-21)22-32-33-24(34(22)2)37-14-4-12-35-13-11-25(16-35)15-19(25)17-7-9-18(10-8-17)26(27,28)29;/h3,5-10,19H,4,11-16H2,1-2H3,(H,30,36);1H/t19-,25+;/m1./s1. The van der Waals surface area contributed by atoms with E-state index in [0.717, 1.165) is 55.4 Å². The first-order valence-electron chi connectivity index (χ1n) is 12.3. The number of pyridine rings is 1. The molecule has 2 aromatic heterocycles. The minimum Gasteiger partial charge on any atom is -0.354 e. The number of rotatable bonds is 8. The number of hydrogen-bond donors (Lipinski definition) is 1. The van der Waals surface area contributed by atoms with Gasteiger partial charge in [-0.1, -0.05) is 30.0 Å². The second-order valence-corrected chi connectivity index (χ2v) is 10.9. The molecule has 2 fully saturated rings. The van der Waals surface area contributed by atoms with Crippen molar-refractivity contribution in [3.8, 4) is 11.5 Å². The van der Waals surface area contributed by atoms with Gasteiger partial charge in [-0.2, -0.15) is 13.2 Å². The molecule has 7 nitrogen and oxygen atoms in total. The lowest BCUT2D eigenvalue weighted by Gasteiger charge is -2.16. The minimum atomic E-state index is -4.29. The summed E-state index contributed by atoms with van der Waals surface area (Å²) in [6.45, 7) is 3.02. The van der Waals surface area contributed by atoms with Crippen LogP contribution in [-0.2, 0) is 13.2 Å². The van der Waals surface area contributed by atoms with E-state index in [1.807, 2.05) is 17.7 Å². The number of thioether (sulfide) groups is 1. The molecule has 1 aliphatic carbocycles. The molecule has 1 spiro atoms. The number of nitrogens with one attached hydrogen (secondary N) is 1. The van der Waals surface area contributed by atoms with Gasteiger partial charge < -0.3 is 14.8 Å². The molecular formula is C26H30ClF3N6OS. The summed E-state index contributed by atoms with van der Waals surface area (Å²) < 4.78 is 40.5. The van der Waals surface area contributed by atoms with E-state index in [0.29, 0.717) is 23.1 Å². The van der Waals surface area contributed by atoms with Crippen molar-refractivity contribution in [3.63, 3.8) is 0 Å². The molecular weight excluding hydrogens is 537 g/mol. The average molecular weight is 567 g/mol. The van der Waals surface area contributed by atoms with Crippen LogP contribution in [0.1, 0.15) is 46.8 Å². The van der Waals surface area contributed by atoms with Crippen LogP contribution >= 0.6 is 24.2 Å². The lowest BCUT2D eigenvalue weighted by Crippen LogP contribution is -2.23. The van der Waals surface area contributed by atoms with Crippen molar-refractivity contribution in [2.75, 3.05) is 32.4 Å². The van der Waals surface area contributed by atoms with E-state index in [9.17, 15) is 18.0 Å². The van der Waals surface area contributed by atoms with Gasteiger partial charge in [-0.15, -0.1) is 22.6 Å². The molecule has 1 saturated heterocycles. The van der Waals surface area contributed by atoms with Crippen molar-refractivity contribution < 1.29 is 18.0 Å². The monoisotopic (exact) mass is 566 g/mol. The average Bonchev–Trinajstić information content (AvgIpc) is 3.23. The Morgan fingerprint density at radius 1 is 1.18 bits per heavy atom. The van der Waals surface area contributed by atoms with Gasteiger partial charge in [0.2, 0.25) is 0 Å². The third-order valence-corrected chi connectivity index (χ3v) is 8.52. The summed E-state index contributed by atoms with van der Waals surface area (Å²) in [5.74, 6) is 1.61. The maximum atomic E-state index is 12.9. The second-order valence-electron chi connectivity index (χ2n) is 9.82. The van der Waals surface area contributed by atoms with Gasteiger partial charge in [-0.05, 0) is 73.5 Å². The Labute approximate surface area is 230 Å². The van der Waals surface area contributed by atoms with Crippen molar-refractivity contribution in [1.82, 2.24) is 30.0 Å². The van der Waals surface area contributed by atoms with Gasteiger partial charge in [0.15, 0.2) is 11.0 Å². The van der Waals surface area contributed by atoms with Gasteiger partial charge in [-0.25, -0.2) is 4.98 Å². The summed E-state index contributed by atoms with van der Waals surface area (Å²) in [7, 11) is 3.46. The topological polar surface area (TPSA) is 75.9 Å².